The van der Waals surface area contributed by atoms with Crippen molar-refractivity contribution >= 4 is 17.6 Å². The van der Waals surface area contributed by atoms with Crippen molar-refractivity contribution < 1.29 is 0 Å². The van der Waals surface area contributed by atoms with Crippen molar-refractivity contribution in [3.8, 4) is 0 Å². The predicted octanol–water partition coefficient (Wildman–Crippen LogP) is 0.593. The summed E-state index contributed by atoms with van der Waals surface area (Å²) in [6.07, 6.45) is 1.84. The molecule has 4 N–H and O–H groups in total. The number of hydrogen-bond donors (Lipinski definition) is 2. The van der Waals surface area contributed by atoms with E-state index in [-0.39, 0.29) is 6.04 Å². The molecule has 16 heavy (non-hydrogen) atoms. The Labute approximate surface area is 100 Å². The van der Waals surface area contributed by atoms with Crippen LogP contribution in [0, 0.1) is 0 Å². The summed E-state index contributed by atoms with van der Waals surface area (Å²) in [5.74, 6) is 3.42. The SMILES string of the molecule is NCC(N)c1ccc(N2CCSCC2)nc1. The van der Waals surface area contributed by atoms with Gasteiger partial charge in [0, 0.05) is 43.4 Å². The molecule has 0 bridgehead atoms. The van der Waals surface area contributed by atoms with E-state index < -0.39 is 0 Å². The molecule has 0 aliphatic carbocycles. The number of pyridine rings is 1. The minimum Gasteiger partial charge on any atom is -0.355 e. The van der Waals surface area contributed by atoms with Crippen molar-refractivity contribution in [3.63, 3.8) is 0 Å². The second-order valence-corrected chi connectivity index (χ2v) is 5.12. The summed E-state index contributed by atoms with van der Waals surface area (Å²) in [4.78, 5) is 6.77. The highest BCUT2D eigenvalue weighted by Gasteiger charge is 2.12. The average Bonchev–Trinajstić information content (AvgIpc) is 2.39. The van der Waals surface area contributed by atoms with Gasteiger partial charge in [0.25, 0.3) is 0 Å². The zero-order chi connectivity index (χ0) is 11.4. The normalized spacial score (nSPS) is 18.5. The third-order valence-electron chi connectivity index (χ3n) is 2.79. The van der Waals surface area contributed by atoms with E-state index in [1.165, 1.54) is 11.5 Å². The predicted molar refractivity (Wildman–Crippen MR) is 69.8 cm³/mol. The van der Waals surface area contributed by atoms with Gasteiger partial charge in [-0.3, -0.25) is 0 Å². The first-order chi connectivity index (χ1) is 7.81. The third kappa shape index (κ3) is 2.66. The second-order valence-electron chi connectivity index (χ2n) is 3.89. The van der Waals surface area contributed by atoms with E-state index in [9.17, 15) is 0 Å². The van der Waals surface area contributed by atoms with Gasteiger partial charge < -0.3 is 16.4 Å². The zero-order valence-corrected chi connectivity index (χ0v) is 10.1. The minimum atomic E-state index is -0.0986. The molecule has 0 aromatic carbocycles. The van der Waals surface area contributed by atoms with E-state index in [1.54, 1.807) is 0 Å². The Morgan fingerprint density at radius 3 is 2.69 bits per heavy atom. The second kappa shape index (κ2) is 5.52. The number of thioether (sulfide) groups is 1. The summed E-state index contributed by atoms with van der Waals surface area (Å²) >= 11 is 2.00. The first-order valence-corrected chi connectivity index (χ1v) is 6.71. The fourth-order valence-corrected chi connectivity index (χ4v) is 2.64. The van der Waals surface area contributed by atoms with Gasteiger partial charge in [-0.2, -0.15) is 11.8 Å². The maximum atomic E-state index is 5.84. The smallest absolute Gasteiger partial charge is 0.128 e. The Hall–Kier alpha value is -0.780. The van der Waals surface area contributed by atoms with Gasteiger partial charge >= 0.3 is 0 Å². The lowest BCUT2D eigenvalue weighted by atomic mass is 10.1. The van der Waals surface area contributed by atoms with Gasteiger partial charge in [0.1, 0.15) is 5.82 Å². The van der Waals surface area contributed by atoms with Crippen molar-refractivity contribution in [2.24, 2.45) is 11.5 Å². The summed E-state index contributed by atoms with van der Waals surface area (Å²) in [7, 11) is 0. The van der Waals surface area contributed by atoms with Crippen molar-refractivity contribution in [1.82, 2.24) is 4.98 Å². The van der Waals surface area contributed by atoms with Crippen molar-refractivity contribution in [1.29, 1.82) is 0 Å². The topological polar surface area (TPSA) is 68.2 Å². The van der Waals surface area contributed by atoms with E-state index >= 15 is 0 Å². The van der Waals surface area contributed by atoms with Gasteiger partial charge in [-0.05, 0) is 11.6 Å². The summed E-state index contributed by atoms with van der Waals surface area (Å²) < 4.78 is 0. The lowest BCUT2D eigenvalue weighted by Gasteiger charge is -2.27. The minimum absolute atomic E-state index is 0.0986. The zero-order valence-electron chi connectivity index (χ0n) is 9.30. The molecule has 1 aliphatic heterocycles. The monoisotopic (exact) mass is 238 g/mol. The molecule has 1 fully saturated rings. The molecule has 1 atom stereocenters. The van der Waals surface area contributed by atoms with Crippen LogP contribution in [0.4, 0.5) is 5.82 Å². The molecule has 1 unspecified atom stereocenters. The first kappa shape index (κ1) is 11.7. The molecule has 2 heterocycles. The maximum Gasteiger partial charge on any atom is 0.128 e. The molecular formula is C11H18N4S. The van der Waals surface area contributed by atoms with Crippen LogP contribution >= 0.6 is 11.8 Å². The van der Waals surface area contributed by atoms with Crippen LogP contribution in [0.1, 0.15) is 11.6 Å². The van der Waals surface area contributed by atoms with Gasteiger partial charge in [-0.1, -0.05) is 6.07 Å². The summed E-state index contributed by atoms with van der Waals surface area (Å²) in [5, 5.41) is 0. The van der Waals surface area contributed by atoms with Crippen LogP contribution < -0.4 is 16.4 Å². The van der Waals surface area contributed by atoms with Crippen LogP contribution in [0.2, 0.25) is 0 Å². The van der Waals surface area contributed by atoms with Crippen LogP contribution in [-0.4, -0.2) is 36.1 Å². The Balaban J connectivity index is 2.06. The number of nitrogens with zero attached hydrogens (tertiary/aromatic N) is 2. The molecule has 0 radical (unpaired) electrons. The first-order valence-electron chi connectivity index (χ1n) is 5.55. The van der Waals surface area contributed by atoms with Crippen LogP contribution in [0.5, 0.6) is 0 Å². The Kier molecular flexibility index (Phi) is 4.04. The number of aromatic nitrogens is 1. The highest BCUT2D eigenvalue weighted by atomic mass is 32.2. The molecule has 0 saturated carbocycles. The van der Waals surface area contributed by atoms with Gasteiger partial charge in [-0.25, -0.2) is 4.98 Å². The van der Waals surface area contributed by atoms with Gasteiger partial charge in [0.2, 0.25) is 0 Å². The van der Waals surface area contributed by atoms with E-state index in [4.69, 9.17) is 11.5 Å². The molecule has 88 valence electrons. The molecule has 5 heteroatoms. The number of rotatable bonds is 3. The molecule has 4 nitrogen and oxygen atoms in total. The van der Waals surface area contributed by atoms with Gasteiger partial charge in [-0.15, -0.1) is 0 Å². The fraction of sp³-hybridized carbons (Fsp3) is 0.545. The van der Waals surface area contributed by atoms with Crippen molar-refractivity contribution in [2.45, 2.75) is 6.04 Å². The van der Waals surface area contributed by atoms with Crippen molar-refractivity contribution in [3.05, 3.63) is 23.9 Å². The van der Waals surface area contributed by atoms with E-state index in [0.29, 0.717) is 6.54 Å². The van der Waals surface area contributed by atoms with E-state index in [0.717, 1.165) is 24.5 Å². The van der Waals surface area contributed by atoms with Gasteiger partial charge in [0.15, 0.2) is 0 Å². The quantitative estimate of drug-likeness (QED) is 0.807. The molecule has 1 aliphatic rings. The standard InChI is InChI=1S/C11H18N4S/c12-7-10(13)9-1-2-11(14-8-9)15-3-5-16-6-4-15/h1-2,8,10H,3-7,12-13H2. The number of nitrogens with two attached hydrogens (primary N) is 2. The van der Waals surface area contributed by atoms with Gasteiger partial charge in [0.05, 0.1) is 0 Å². The molecule has 0 spiro atoms. The van der Waals surface area contributed by atoms with Crippen molar-refractivity contribution in [2.75, 3.05) is 36.0 Å². The molecule has 1 aromatic heterocycles. The Morgan fingerprint density at radius 1 is 1.38 bits per heavy atom. The Bertz CT molecular complexity index is 321. The molecular weight excluding hydrogens is 220 g/mol. The highest BCUT2D eigenvalue weighted by molar-refractivity contribution is 7.99. The summed E-state index contributed by atoms with van der Waals surface area (Å²) in [5.41, 5.74) is 12.4. The molecule has 1 aromatic rings. The Morgan fingerprint density at radius 2 is 2.12 bits per heavy atom. The van der Waals surface area contributed by atoms with E-state index in [1.807, 2.05) is 30.1 Å². The lowest BCUT2D eigenvalue weighted by molar-refractivity contribution is 0.731. The van der Waals surface area contributed by atoms with Crippen LogP contribution in [0.25, 0.3) is 0 Å². The average molecular weight is 238 g/mol. The third-order valence-corrected chi connectivity index (χ3v) is 3.73. The van der Waals surface area contributed by atoms with E-state index in [2.05, 4.69) is 9.88 Å². The summed E-state index contributed by atoms with van der Waals surface area (Å²) in [6, 6.07) is 3.97. The number of anilines is 1. The van der Waals surface area contributed by atoms with Crippen LogP contribution in [0.15, 0.2) is 18.3 Å². The van der Waals surface area contributed by atoms with Crippen LogP contribution in [0.3, 0.4) is 0 Å². The fourth-order valence-electron chi connectivity index (χ4n) is 1.73. The largest absolute Gasteiger partial charge is 0.355 e. The molecule has 1 saturated heterocycles. The highest BCUT2D eigenvalue weighted by Crippen LogP contribution is 2.18. The summed E-state index contributed by atoms with van der Waals surface area (Å²) in [6.45, 7) is 2.63. The molecule has 2 rings (SSSR count). The molecule has 0 amide bonds. The van der Waals surface area contributed by atoms with Crippen LogP contribution in [-0.2, 0) is 0 Å². The lowest BCUT2D eigenvalue weighted by Crippen LogP contribution is -2.33. The number of hydrogen-bond acceptors (Lipinski definition) is 5. The maximum absolute atomic E-state index is 5.84.